The van der Waals surface area contributed by atoms with Gasteiger partial charge < -0.3 is 15.1 Å². The van der Waals surface area contributed by atoms with Gasteiger partial charge in [-0.2, -0.15) is 0 Å². The molecule has 1 aromatic heterocycles. The van der Waals surface area contributed by atoms with Crippen LogP contribution in [0.5, 0.6) is 0 Å². The molecule has 0 radical (unpaired) electrons. The molecule has 3 heterocycles. The first-order valence-electron chi connectivity index (χ1n) is 9.20. The summed E-state index contributed by atoms with van der Waals surface area (Å²) in [5, 5.41) is 19.6. The standard InChI is InChI=1S/C20H23N3O4/c1-22-12-20(11-16(22)19(26)27)6-8-23(9-7-20)17-10-14(18(24)25)13-4-2-3-5-15(13)21-17/h2-5,10,16H,6-9,11-12H2,1H3,(H,24,25)(H,26,27). The van der Waals surface area contributed by atoms with Crippen molar-refractivity contribution in [3.63, 3.8) is 0 Å². The molecule has 7 nitrogen and oxygen atoms in total. The van der Waals surface area contributed by atoms with Gasteiger partial charge in [0.15, 0.2) is 0 Å². The number of hydrogen-bond donors (Lipinski definition) is 2. The number of carbonyl (C=O) groups is 2. The number of likely N-dealkylation sites (N-methyl/N-ethyl adjacent to an activating group) is 1. The van der Waals surface area contributed by atoms with Crippen molar-refractivity contribution in [2.45, 2.75) is 25.3 Å². The Bertz CT molecular complexity index is 905. The molecule has 1 unspecified atom stereocenters. The number of pyridine rings is 1. The number of rotatable bonds is 3. The molecule has 0 bridgehead atoms. The molecule has 142 valence electrons. The number of aromatic carboxylic acids is 1. The summed E-state index contributed by atoms with van der Waals surface area (Å²) < 4.78 is 0. The van der Waals surface area contributed by atoms with Crippen molar-refractivity contribution in [3.8, 4) is 0 Å². The Hall–Kier alpha value is -2.67. The Balaban J connectivity index is 1.57. The lowest BCUT2D eigenvalue weighted by atomic mass is 9.76. The van der Waals surface area contributed by atoms with E-state index in [0.29, 0.717) is 23.1 Å². The highest BCUT2D eigenvalue weighted by atomic mass is 16.4. The molecule has 2 saturated heterocycles. The van der Waals surface area contributed by atoms with Crippen LogP contribution in [0, 0.1) is 5.41 Å². The van der Waals surface area contributed by atoms with Gasteiger partial charge in [0.2, 0.25) is 0 Å². The van der Waals surface area contributed by atoms with Gasteiger partial charge in [-0.15, -0.1) is 0 Å². The maximum Gasteiger partial charge on any atom is 0.336 e. The lowest BCUT2D eigenvalue weighted by Gasteiger charge is -2.40. The lowest BCUT2D eigenvalue weighted by molar-refractivity contribution is -0.141. The number of fused-ring (bicyclic) bond motifs is 1. The van der Waals surface area contributed by atoms with Gasteiger partial charge in [0.25, 0.3) is 0 Å². The Kier molecular flexibility index (Phi) is 4.26. The van der Waals surface area contributed by atoms with Gasteiger partial charge in [-0.25, -0.2) is 9.78 Å². The Morgan fingerprint density at radius 2 is 1.89 bits per heavy atom. The van der Waals surface area contributed by atoms with E-state index in [9.17, 15) is 19.8 Å². The molecule has 2 fully saturated rings. The largest absolute Gasteiger partial charge is 0.480 e. The quantitative estimate of drug-likeness (QED) is 0.857. The molecule has 0 aliphatic carbocycles. The van der Waals surface area contributed by atoms with Gasteiger partial charge in [-0.05, 0) is 43.9 Å². The Labute approximate surface area is 157 Å². The summed E-state index contributed by atoms with van der Waals surface area (Å²) in [4.78, 5) is 31.9. The smallest absolute Gasteiger partial charge is 0.336 e. The number of hydrogen-bond acceptors (Lipinski definition) is 5. The fraction of sp³-hybridized carbons (Fsp3) is 0.450. The lowest BCUT2D eigenvalue weighted by Crippen LogP contribution is -2.41. The van der Waals surface area contributed by atoms with Crippen molar-refractivity contribution in [3.05, 3.63) is 35.9 Å². The first kappa shape index (κ1) is 17.7. The zero-order chi connectivity index (χ0) is 19.2. The van der Waals surface area contributed by atoms with Crippen LogP contribution in [0.4, 0.5) is 5.82 Å². The molecular formula is C20H23N3O4. The molecule has 4 rings (SSSR count). The molecule has 2 aromatic rings. The monoisotopic (exact) mass is 369 g/mol. The third-order valence-electron chi connectivity index (χ3n) is 6.11. The van der Waals surface area contributed by atoms with Crippen LogP contribution in [-0.4, -0.2) is 64.8 Å². The average molecular weight is 369 g/mol. The highest BCUT2D eigenvalue weighted by Crippen LogP contribution is 2.43. The topological polar surface area (TPSA) is 94.0 Å². The SMILES string of the molecule is CN1CC2(CCN(c3cc(C(=O)O)c4ccccc4n3)CC2)CC1C(=O)O. The van der Waals surface area contributed by atoms with E-state index in [0.717, 1.165) is 32.5 Å². The number of carboxylic acids is 2. The van der Waals surface area contributed by atoms with Crippen LogP contribution in [0.15, 0.2) is 30.3 Å². The van der Waals surface area contributed by atoms with Crippen molar-refractivity contribution in [2.75, 3.05) is 31.6 Å². The molecule has 0 amide bonds. The van der Waals surface area contributed by atoms with Gasteiger partial charge in [0, 0.05) is 25.0 Å². The maximum absolute atomic E-state index is 11.7. The Morgan fingerprint density at radius 3 is 2.52 bits per heavy atom. The third-order valence-corrected chi connectivity index (χ3v) is 6.11. The van der Waals surface area contributed by atoms with E-state index in [2.05, 4.69) is 9.88 Å². The highest BCUT2D eigenvalue weighted by Gasteiger charge is 2.46. The first-order valence-corrected chi connectivity index (χ1v) is 9.20. The van der Waals surface area contributed by atoms with Gasteiger partial charge in [-0.1, -0.05) is 18.2 Å². The summed E-state index contributed by atoms with van der Waals surface area (Å²) in [6.45, 7) is 2.30. The minimum atomic E-state index is -0.954. The van der Waals surface area contributed by atoms with E-state index in [4.69, 9.17) is 0 Å². The summed E-state index contributed by atoms with van der Waals surface area (Å²) in [5.41, 5.74) is 0.975. The summed E-state index contributed by atoms with van der Waals surface area (Å²) >= 11 is 0. The number of para-hydroxylation sites is 1. The van der Waals surface area contributed by atoms with Gasteiger partial charge in [0.1, 0.15) is 11.9 Å². The van der Waals surface area contributed by atoms with Crippen LogP contribution in [0.1, 0.15) is 29.6 Å². The van der Waals surface area contributed by atoms with Crippen LogP contribution >= 0.6 is 0 Å². The number of aromatic nitrogens is 1. The van der Waals surface area contributed by atoms with Crippen molar-refractivity contribution in [1.82, 2.24) is 9.88 Å². The van der Waals surface area contributed by atoms with Gasteiger partial charge in [0.05, 0.1) is 11.1 Å². The maximum atomic E-state index is 11.7. The highest BCUT2D eigenvalue weighted by molar-refractivity contribution is 6.03. The minimum absolute atomic E-state index is 0.0286. The number of piperidine rings is 1. The number of carboxylic acid groups (broad SMARTS) is 2. The summed E-state index contributed by atoms with van der Waals surface area (Å²) in [6, 6.07) is 8.53. The fourth-order valence-corrected chi connectivity index (χ4v) is 4.62. The van der Waals surface area contributed by atoms with Crippen molar-refractivity contribution in [2.24, 2.45) is 5.41 Å². The van der Waals surface area contributed by atoms with Crippen molar-refractivity contribution >= 4 is 28.7 Å². The molecule has 2 N–H and O–H groups in total. The van der Waals surface area contributed by atoms with E-state index in [-0.39, 0.29) is 11.0 Å². The van der Waals surface area contributed by atoms with Crippen LogP contribution in [0.3, 0.4) is 0 Å². The minimum Gasteiger partial charge on any atom is -0.480 e. The second-order valence-corrected chi connectivity index (χ2v) is 7.81. The molecule has 2 aliphatic heterocycles. The van der Waals surface area contributed by atoms with E-state index >= 15 is 0 Å². The Morgan fingerprint density at radius 1 is 1.19 bits per heavy atom. The second kappa shape index (κ2) is 6.49. The number of aliphatic carboxylic acids is 1. The summed E-state index contributed by atoms with van der Waals surface area (Å²) in [5.74, 6) is -1.02. The number of anilines is 1. The molecule has 7 heteroatoms. The van der Waals surface area contributed by atoms with E-state index < -0.39 is 18.0 Å². The molecule has 1 aromatic carbocycles. The predicted octanol–water partition coefficient (Wildman–Crippen LogP) is 2.31. The van der Waals surface area contributed by atoms with Crippen molar-refractivity contribution < 1.29 is 19.8 Å². The van der Waals surface area contributed by atoms with Crippen LogP contribution in [0.25, 0.3) is 10.9 Å². The second-order valence-electron chi connectivity index (χ2n) is 7.81. The average Bonchev–Trinajstić information content (AvgIpc) is 2.97. The number of nitrogens with zero attached hydrogens (tertiary/aromatic N) is 3. The summed E-state index contributed by atoms with van der Waals surface area (Å²) in [6.07, 6.45) is 2.45. The zero-order valence-electron chi connectivity index (χ0n) is 15.3. The molecule has 27 heavy (non-hydrogen) atoms. The van der Waals surface area contributed by atoms with Gasteiger partial charge in [-0.3, -0.25) is 9.69 Å². The molecule has 1 atom stereocenters. The number of benzene rings is 1. The van der Waals surface area contributed by atoms with Crippen LogP contribution in [-0.2, 0) is 4.79 Å². The predicted molar refractivity (Wildman–Crippen MR) is 101 cm³/mol. The molecule has 0 saturated carbocycles. The van der Waals surface area contributed by atoms with Gasteiger partial charge >= 0.3 is 11.9 Å². The van der Waals surface area contributed by atoms with Crippen molar-refractivity contribution in [1.29, 1.82) is 0 Å². The number of likely N-dealkylation sites (tertiary alicyclic amines) is 1. The molecular weight excluding hydrogens is 346 g/mol. The fourth-order valence-electron chi connectivity index (χ4n) is 4.62. The van der Waals surface area contributed by atoms with E-state index in [1.807, 2.05) is 30.1 Å². The third kappa shape index (κ3) is 3.12. The van der Waals surface area contributed by atoms with Crippen LogP contribution < -0.4 is 4.90 Å². The zero-order valence-corrected chi connectivity index (χ0v) is 15.3. The summed E-state index contributed by atoms with van der Waals surface area (Å²) in [7, 11) is 1.88. The van der Waals surface area contributed by atoms with E-state index in [1.54, 1.807) is 12.1 Å². The van der Waals surface area contributed by atoms with E-state index in [1.165, 1.54) is 0 Å². The first-order chi connectivity index (χ1) is 12.9. The molecule has 2 aliphatic rings. The molecule has 1 spiro atoms. The normalized spacial score (nSPS) is 22.4. The van der Waals surface area contributed by atoms with Crippen LogP contribution in [0.2, 0.25) is 0 Å².